The SMILES string of the molecule is COC(=O)C1=C(C)N=C2SC=CN2[C@H]1c1ccccc1. The highest BCUT2D eigenvalue weighted by Crippen LogP contribution is 2.40. The number of thioether (sulfide) groups is 1. The number of hydrogen-bond acceptors (Lipinski definition) is 5. The Kier molecular flexibility index (Phi) is 3.36. The van der Waals surface area contributed by atoms with Crippen LogP contribution in [0.25, 0.3) is 0 Å². The molecule has 1 aromatic rings. The van der Waals surface area contributed by atoms with Crippen LogP contribution >= 0.6 is 11.8 Å². The van der Waals surface area contributed by atoms with Gasteiger partial charge in [0.2, 0.25) is 0 Å². The molecule has 102 valence electrons. The zero-order valence-corrected chi connectivity index (χ0v) is 12.1. The highest BCUT2D eigenvalue weighted by atomic mass is 32.2. The molecule has 0 aliphatic carbocycles. The molecule has 1 atom stereocenters. The number of allylic oxidation sites excluding steroid dienone is 1. The van der Waals surface area contributed by atoms with E-state index in [1.54, 1.807) is 11.8 Å². The van der Waals surface area contributed by atoms with Gasteiger partial charge in [-0.1, -0.05) is 42.1 Å². The summed E-state index contributed by atoms with van der Waals surface area (Å²) in [4.78, 5) is 18.6. The number of methoxy groups -OCH3 is 1. The standard InChI is InChI=1S/C15H14N2O2S/c1-10-12(14(18)19-2)13(11-6-4-3-5-7-11)17-8-9-20-15(17)16-10/h3-9,13H,1-2H3/t13-/m0/s1. The predicted octanol–water partition coefficient (Wildman–Crippen LogP) is 3.06. The van der Waals surface area contributed by atoms with E-state index in [9.17, 15) is 4.79 Å². The number of benzene rings is 1. The minimum absolute atomic E-state index is 0.178. The fraction of sp³-hybridized carbons (Fsp3) is 0.200. The smallest absolute Gasteiger partial charge is 0.338 e. The Balaban J connectivity index is 2.14. The summed E-state index contributed by atoms with van der Waals surface area (Å²) in [5.74, 6) is -0.329. The minimum Gasteiger partial charge on any atom is -0.466 e. The van der Waals surface area contributed by atoms with E-state index in [1.807, 2.05) is 53.8 Å². The Morgan fingerprint density at radius 3 is 2.80 bits per heavy atom. The van der Waals surface area contributed by atoms with E-state index in [0.717, 1.165) is 10.7 Å². The molecule has 3 rings (SSSR count). The van der Waals surface area contributed by atoms with Gasteiger partial charge in [0, 0.05) is 6.20 Å². The van der Waals surface area contributed by atoms with Gasteiger partial charge in [-0.2, -0.15) is 0 Å². The topological polar surface area (TPSA) is 41.9 Å². The van der Waals surface area contributed by atoms with Gasteiger partial charge in [0.25, 0.3) is 0 Å². The van der Waals surface area contributed by atoms with Crippen LogP contribution in [0.15, 0.2) is 58.2 Å². The monoisotopic (exact) mass is 286 g/mol. The van der Waals surface area contributed by atoms with E-state index in [-0.39, 0.29) is 12.0 Å². The van der Waals surface area contributed by atoms with Crippen molar-refractivity contribution in [3.63, 3.8) is 0 Å². The first-order chi connectivity index (χ1) is 9.72. The number of aliphatic imine (C=N–C) groups is 1. The Hall–Kier alpha value is -2.01. The highest BCUT2D eigenvalue weighted by molar-refractivity contribution is 8.16. The third-order valence-electron chi connectivity index (χ3n) is 3.34. The molecular formula is C15H14N2O2S. The van der Waals surface area contributed by atoms with Gasteiger partial charge >= 0.3 is 5.97 Å². The molecule has 2 aliphatic heterocycles. The lowest BCUT2D eigenvalue weighted by Crippen LogP contribution is -2.33. The Morgan fingerprint density at radius 1 is 1.35 bits per heavy atom. The quantitative estimate of drug-likeness (QED) is 0.784. The molecule has 5 heteroatoms. The number of amidine groups is 1. The lowest BCUT2D eigenvalue weighted by molar-refractivity contribution is -0.136. The fourth-order valence-electron chi connectivity index (χ4n) is 2.43. The van der Waals surface area contributed by atoms with Crippen LogP contribution in [0.2, 0.25) is 0 Å². The van der Waals surface area contributed by atoms with E-state index in [1.165, 1.54) is 7.11 Å². The average Bonchev–Trinajstić information content (AvgIpc) is 2.93. The molecule has 2 aliphatic rings. The molecule has 1 aromatic carbocycles. The van der Waals surface area contributed by atoms with Crippen LogP contribution in [0.4, 0.5) is 0 Å². The van der Waals surface area contributed by atoms with E-state index in [2.05, 4.69) is 4.99 Å². The zero-order chi connectivity index (χ0) is 14.1. The van der Waals surface area contributed by atoms with Crippen molar-refractivity contribution >= 4 is 22.9 Å². The minimum atomic E-state index is -0.329. The summed E-state index contributed by atoms with van der Waals surface area (Å²) < 4.78 is 4.94. The number of carbonyl (C=O) groups excluding carboxylic acids is 1. The Morgan fingerprint density at radius 2 is 2.10 bits per heavy atom. The molecule has 0 spiro atoms. The van der Waals surface area contributed by atoms with Crippen molar-refractivity contribution in [2.45, 2.75) is 13.0 Å². The first-order valence-corrected chi connectivity index (χ1v) is 7.14. The van der Waals surface area contributed by atoms with E-state index in [4.69, 9.17) is 4.74 Å². The maximum atomic E-state index is 12.1. The molecular weight excluding hydrogens is 272 g/mol. The molecule has 0 aromatic heterocycles. The molecule has 0 fully saturated rings. The van der Waals surface area contributed by atoms with Crippen LogP contribution in [0.3, 0.4) is 0 Å². The summed E-state index contributed by atoms with van der Waals surface area (Å²) in [5, 5.41) is 2.87. The highest BCUT2D eigenvalue weighted by Gasteiger charge is 2.36. The van der Waals surface area contributed by atoms with Gasteiger partial charge in [0.05, 0.1) is 24.4 Å². The number of esters is 1. The number of fused-ring (bicyclic) bond motifs is 1. The number of hydrogen-bond donors (Lipinski definition) is 0. The summed E-state index contributed by atoms with van der Waals surface area (Å²) in [6, 6.07) is 9.75. The van der Waals surface area contributed by atoms with Crippen molar-refractivity contribution in [1.29, 1.82) is 0 Å². The van der Waals surface area contributed by atoms with Gasteiger partial charge < -0.3 is 9.64 Å². The molecule has 4 nitrogen and oxygen atoms in total. The van der Waals surface area contributed by atoms with Crippen molar-refractivity contribution < 1.29 is 9.53 Å². The maximum absolute atomic E-state index is 12.1. The van der Waals surface area contributed by atoms with Crippen molar-refractivity contribution in [3.05, 3.63) is 58.8 Å². The number of rotatable bonds is 2. The molecule has 20 heavy (non-hydrogen) atoms. The molecule has 0 bridgehead atoms. The third-order valence-corrected chi connectivity index (χ3v) is 4.11. The van der Waals surface area contributed by atoms with Crippen molar-refractivity contribution in [2.75, 3.05) is 7.11 Å². The van der Waals surface area contributed by atoms with Crippen LogP contribution in [0.5, 0.6) is 0 Å². The summed E-state index contributed by atoms with van der Waals surface area (Å²) >= 11 is 1.56. The first-order valence-electron chi connectivity index (χ1n) is 6.26. The Bertz CT molecular complexity index is 635. The van der Waals surface area contributed by atoms with Crippen LogP contribution in [0, 0.1) is 0 Å². The van der Waals surface area contributed by atoms with Crippen LogP contribution < -0.4 is 0 Å². The average molecular weight is 286 g/mol. The van der Waals surface area contributed by atoms with Crippen LogP contribution in [0.1, 0.15) is 18.5 Å². The second kappa shape index (κ2) is 5.17. The summed E-state index contributed by atoms with van der Waals surface area (Å²) in [5.41, 5.74) is 2.36. The van der Waals surface area contributed by atoms with Gasteiger partial charge in [-0.3, -0.25) is 0 Å². The second-order valence-corrected chi connectivity index (χ2v) is 5.38. The molecule has 0 N–H and O–H groups in total. The normalized spacial score (nSPS) is 20.8. The number of nitrogens with zero attached hydrogens (tertiary/aromatic N) is 2. The number of ether oxygens (including phenoxy) is 1. The maximum Gasteiger partial charge on any atom is 0.338 e. The van der Waals surface area contributed by atoms with Crippen molar-refractivity contribution in [2.24, 2.45) is 4.99 Å². The summed E-state index contributed by atoms with van der Waals surface area (Å²) in [7, 11) is 1.40. The Labute approximate surface area is 121 Å². The van der Waals surface area contributed by atoms with E-state index >= 15 is 0 Å². The fourth-order valence-corrected chi connectivity index (χ4v) is 3.23. The van der Waals surface area contributed by atoms with Gasteiger partial charge in [-0.25, -0.2) is 9.79 Å². The lowest BCUT2D eigenvalue weighted by Gasteiger charge is -2.33. The van der Waals surface area contributed by atoms with E-state index in [0.29, 0.717) is 11.3 Å². The zero-order valence-electron chi connectivity index (χ0n) is 11.2. The molecule has 2 heterocycles. The first kappa shape index (κ1) is 13.0. The van der Waals surface area contributed by atoms with Gasteiger partial charge in [-0.05, 0) is 17.9 Å². The largest absolute Gasteiger partial charge is 0.466 e. The second-order valence-electron chi connectivity index (χ2n) is 4.51. The molecule has 0 saturated heterocycles. The van der Waals surface area contributed by atoms with Gasteiger partial charge in [0.1, 0.15) is 0 Å². The predicted molar refractivity (Wildman–Crippen MR) is 79.9 cm³/mol. The van der Waals surface area contributed by atoms with Gasteiger partial charge in [0.15, 0.2) is 5.17 Å². The number of carbonyl (C=O) groups is 1. The van der Waals surface area contributed by atoms with Gasteiger partial charge in [-0.15, -0.1) is 0 Å². The summed E-state index contributed by atoms with van der Waals surface area (Å²) in [6.45, 7) is 1.85. The third kappa shape index (κ3) is 2.04. The van der Waals surface area contributed by atoms with E-state index < -0.39 is 0 Å². The van der Waals surface area contributed by atoms with Crippen molar-refractivity contribution in [3.8, 4) is 0 Å². The lowest BCUT2D eigenvalue weighted by atomic mass is 9.95. The van der Waals surface area contributed by atoms with Crippen LogP contribution in [-0.2, 0) is 9.53 Å². The van der Waals surface area contributed by atoms with Crippen molar-refractivity contribution in [1.82, 2.24) is 4.90 Å². The molecule has 0 amide bonds. The summed E-state index contributed by atoms with van der Waals surface area (Å²) in [6.07, 6.45) is 1.95. The molecule has 0 radical (unpaired) electrons. The van der Waals surface area contributed by atoms with Crippen LogP contribution in [-0.4, -0.2) is 23.1 Å². The molecule has 0 saturated carbocycles. The molecule has 0 unspecified atom stereocenters.